The molecule has 7 nitrogen and oxygen atoms in total. The molecule has 138 valence electrons. The normalized spacial score (nSPS) is 10.0. The molecule has 2 aromatic carbocycles. The van der Waals surface area contributed by atoms with Crippen LogP contribution in [0, 0.1) is 0 Å². The molecule has 2 rings (SSSR count). The maximum absolute atomic E-state index is 12.7. The van der Waals surface area contributed by atoms with Gasteiger partial charge in [0.15, 0.2) is 11.5 Å². The van der Waals surface area contributed by atoms with E-state index in [1.165, 1.54) is 28.3 Å². The van der Waals surface area contributed by atoms with Crippen LogP contribution < -0.4 is 24.8 Å². The summed E-state index contributed by atoms with van der Waals surface area (Å²) in [5.74, 6) is 0.525. The first kappa shape index (κ1) is 19.6. The Labute approximate surface area is 159 Å². The van der Waals surface area contributed by atoms with Gasteiger partial charge < -0.3 is 24.8 Å². The smallest absolute Gasteiger partial charge is 0.257 e. The van der Waals surface area contributed by atoms with Gasteiger partial charge in [0, 0.05) is 18.3 Å². The van der Waals surface area contributed by atoms with Crippen LogP contribution in [0.5, 0.6) is 17.2 Å². The number of amides is 2. The Kier molecular flexibility index (Phi) is 6.46. The third-order valence-electron chi connectivity index (χ3n) is 3.45. The van der Waals surface area contributed by atoms with Crippen LogP contribution in [0.2, 0.25) is 0 Å². The molecule has 0 radical (unpaired) electrons. The molecule has 0 aromatic heterocycles. The lowest BCUT2D eigenvalue weighted by Crippen LogP contribution is -2.14. The van der Waals surface area contributed by atoms with Gasteiger partial charge in [-0.1, -0.05) is 6.07 Å². The van der Waals surface area contributed by atoms with E-state index in [1.54, 1.807) is 30.3 Å². The first-order valence-corrected chi connectivity index (χ1v) is 8.38. The molecule has 2 N–H and O–H groups in total. The lowest BCUT2D eigenvalue weighted by Gasteiger charge is -2.16. The molecule has 0 heterocycles. The summed E-state index contributed by atoms with van der Waals surface area (Å²) in [6.07, 6.45) is 0. The van der Waals surface area contributed by atoms with Crippen LogP contribution >= 0.6 is 15.9 Å². The number of halogens is 1. The van der Waals surface area contributed by atoms with Gasteiger partial charge >= 0.3 is 0 Å². The molecular weight excluding hydrogens is 404 g/mol. The second-order valence-corrected chi connectivity index (χ2v) is 6.02. The van der Waals surface area contributed by atoms with Gasteiger partial charge in [-0.15, -0.1) is 0 Å². The Morgan fingerprint density at radius 1 is 0.923 bits per heavy atom. The van der Waals surface area contributed by atoms with Crippen molar-refractivity contribution in [1.29, 1.82) is 0 Å². The number of hydrogen-bond donors (Lipinski definition) is 2. The van der Waals surface area contributed by atoms with Crippen molar-refractivity contribution in [2.75, 3.05) is 32.0 Å². The molecule has 0 atom stereocenters. The third kappa shape index (κ3) is 4.26. The summed E-state index contributed by atoms with van der Waals surface area (Å²) in [6.45, 7) is 1.41. The molecule has 26 heavy (non-hydrogen) atoms. The minimum absolute atomic E-state index is 0.194. The number of methoxy groups -OCH3 is 3. The molecule has 0 fully saturated rings. The zero-order chi connectivity index (χ0) is 19.3. The van der Waals surface area contributed by atoms with Gasteiger partial charge in [-0.25, -0.2) is 0 Å². The standard InChI is InChI=1S/C18H19BrN2O5/c1-10(22)20-11-6-5-7-12(8-11)21-18(23)13-9-14(24-2)16(25-3)17(26-4)15(13)19/h5-9H,1-4H3,(H,20,22)(H,21,23). The molecule has 0 bridgehead atoms. The van der Waals surface area contributed by atoms with Crippen molar-refractivity contribution < 1.29 is 23.8 Å². The third-order valence-corrected chi connectivity index (χ3v) is 4.24. The lowest BCUT2D eigenvalue weighted by molar-refractivity contribution is -0.114. The summed E-state index contributed by atoms with van der Waals surface area (Å²) in [4.78, 5) is 23.9. The highest BCUT2D eigenvalue weighted by Gasteiger charge is 2.23. The highest BCUT2D eigenvalue weighted by molar-refractivity contribution is 9.10. The zero-order valence-electron chi connectivity index (χ0n) is 14.8. The van der Waals surface area contributed by atoms with Crippen LogP contribution in [0.4, 0.5) is 11.4 Å². The van der Waals surface area contributed by atoms with E-state index in [4.69, 9.17) is 14.2 Å². The molecule has 0 saturated carbocycles. The van der Waals surface area contributed by atoms with E-state index in [0.717, 1.165) is 0 Å². The molecule has 0 unspecified atom stereocenters. The van der Waals surface area contributed by atoms with Gasteiger partial charge in [-0.2, -0.15) is 0 Å². The van der Waals surface area contributed by atoms with Gasteiger partial charge in [-0.05, 0) is 40.2 Å². The van der Waals surface area contributed by atoms with Crippen molar-refractivity contribution in [3.8, 4) is 17.2 Å². The summed E-state index contributed by atoms with van der Waals surface area (Å²) in [5, 5.41) is 5.45. The molecule has 0 saturated heterocycles. The maximum Gasteiger partial charge on any atom is 0.257 e. The number of carbonyl (C=O) groups excluding carboxylic acids is 2. The lowest BCUT2D eigenvalue weighted by atomic mass is 10.1. The van der Waals surface area contributed by atoms with Crippen LogP contribution in [0.3, 0.4) is 0 Å². The molecule has 0 spiro atoms. The maximum atomic E-state index is 12.7. The highest BCUT2D eigenvalue weighted by Crippen LogP contribution is 2.44. The number of benzene rings is 2. The van der Waals surface area contributed by atoms with E-state index in [0.29, 0.717) is 38.7 Å². The Balaban J connectivity index is 2.37. The summed E-state index contributed by atoms with van der Waals surface area (Å²) < 4.78 is 16.3. The fraction of sp³-hybridized carbons (Fsp3) is 0.222. The number of hydrogen-bond acceptors (Lipinski definition) is 5. The summed E-state index contributed by atoms with van der Waals surface area (Å²) >= 11 is 3.38. The molecule has 2 amide bonds. The van der Waals surface area contributed by atoms with E-state index in [9.17, 15) is 9.59 Å². The molecule has 0 aliphatic rings. The van der Waals surface area contributed by atoms with Crippen LogP contribution in [-0.2, 0) is 4.79 Å². The number of anilines is 2. The predicted molar refractivity (Wildman–Crippen MR) is 102 cm³/mol. The molecule has 0 aliphatic carbocycles. The topological polar surface area (TPSA) is 85.9 Å². The fourth-order valence-corrected chi connectivity index (χ4v) is 3.00. The number of carbonyl (C=O) groups is 2. The average molecular weight is 423 g/mol. The van der Waals surface area contributed by atoms with Crippen molar-refractivity contribution in [3.63, 3.8) is 0 Å². The molecular formula is C18H19BrN2O5. The molecule has 8 heteroatoms. The second kappa shape index (κ2) is 8.57. The van der Waals surface area contributed by atoms with Gasteiger partial charge in [0.1, 0.15) is 0 Å². The van der Waals surface area contributed by atoms with Crippen LogP contribution in [0.15, 0.2) is 34.8 Å². The predicted octanol–water partition coefficient (Wildman–Crippen LogP) is 3.69. The van der Waals surface area contributed by atoms with Crippen molar-refractivity contribution in [1.82, 2.24) is 0 Å². The van der Waals surface area contributed by atoms with Crippen LogP contribution in [0.1, 0.15) is 17.3 Å². The number of ether oxygens (including phenoxy) is 3. The van der Waals surface area contributed by atoms with E-state index < -0.39 is 0 Å². The van der Waals surface area contributed by atoms with Gasteiger partial charge in [0.25, 0.3) is 5.91 Å². The largest absolute Gasteiger partial charge is 0.493 e. The van der Waals surface area contributed by atoms with E-state index in [-0.39, 0.29) is 11.8 Å². The first-order chi connectivity index (χ1) is 12.4. The number of nitrogens with one attached hydrogen (secondary N) is 2. The zero-order valence-corrected chi connectivity index (χ0v) is 16.4. The van der Waals surface area contributed by atoms with E-state index in [2.05, 4.69) is 26.6 Å². The van der Waals surface area contributed by atoms with Crippen molar-refractivity contribution in [2.45, 2.75) is 6.92 Å². The van der Waals surface area contributed by atoms with E-state index in [1.807, 2.05) is 0 Å². The summed E-state index contributed by atoms with van der Waals surface area (Å²) in [7, 11) is 4.44. The van der Waals surface area contributed by atoms with Gasteiger partial charge in [0.05, 0.1) is 31.4 Å². The van der Waals surface area contributed by atoms with Gasteiger partial charge in [-0.3, -0.25) is 9.59 Å². The first-order valence-electron chi connectivity index (χ1n) is 7.58. The number of rotatable bonds is 6. The second-order valence-electron chi connectivity index (χ2n) is 5.22. The minimum Gasteiger partial charge on any atom is -0.493 e. The Morgan fingerprint density at radius 3 is 2.08 bits per heavy atom. The summed E-state index contributed by atoms with van der Waals surface area (Å²) in [5.41, 5.74) is 1.42. The Hall–Kier alpha value is -2.74. The van der Waals surface area contributed by atoms with Crippen molar-refractivity contribution in [2.24, 2.45) is 0 Å². The van der Waals surface area contributed by atoms with Crippen LogP contribution in [-0.4, -0.2) is 33.1 Å². The van der Waals surface area contributed by atoms with Crippen LogP contribution in [0.25, 0.3) is 0 Å². The highest BCUT2D eigenvalue weighted by atomic mass is 79.9. The summed E-state index contributed by atoms with van der Waals surface area (Å²) in [6, 6.07) is 8.39. The van der Waals surface area contributed by atoms with E-state index >= 15 is 0 Å². The average Bonchev–Trinajstić information content (AvgIpc) is 2.60. The quantitative estimate of drug-likeness (QED) is 0.741. The Morgan fingerprint density at radius 2 is 1.54 bits per heavy atom. The Bertz CT molecular complexity index is 839. The fourth-order valence-electron chi connectivity index (χ4n) is 2.36. The molecule has 2 aromatic rings. The monoisotopic (exact) mass is 422 g/mol. The minimum atomic E-state index is -0.379. The van der Waals surface area contributed by atoms with Crippen molar-refractivity contribution in [3.05, 3.63) is 40.4 Å². The van der Waals surface area contributed by atoms with Crippen molar-refractivity contribution >= 4 is 39.1 Å². The van der Waals surface area contributed by atoms with Gasteiger partial charge in [0.2, 0.25) is 11.7 Å². The molecule has 0 aliphatic heterocycles. The SMILES string of the molecule is COc1cc(C(=O)Nc2cccc(NC(C)=O)c2)c(Br)c(OC)c1OC.